The molecule has 0 bridgehead atoms. The van der Waals surface area contributed by atoms with E-state index in [-0.39, 0.29) is 31.5 Å². The fraction of sp³-hybridized carbons (Fsp3) is 0.310. The van der Waals surface area contributed by atoms with Gasteiger partial charge in [-0.3, -0.25) is 9.59 Å². The molecular weight excluding hydrogens is 459 g/mol. The Morgan fingerprint density at radius 1 is 0.944 bits per heavy atom. The largest absolute Gasteiger partial charge is 0.497 e. The smallest absolute Gasteiger partial charge is 0.261 e. The van der Waals surface area contributed by atoms with Gasteiger partial charge in [-0.15, -0.1) is 0 Å². The van der Waals surface area contributed by atoms with E-state index in [4.69, 9.17) is 9.47 Å². The predicted octanol–water partition coefficient (Wildman–Crippen LogP) is 4.77. The quantitative estimate of drug-likeness (QED) is 0.396. The van der Waals surface area contributed by atoms with E-state index >= 15 is 0 Å². The lowest BCUT2D eigenvalue weighted by atomic mass is 10.0. The minimum atomic E-state index is -0.854. The topological polar surface area (TPSA) is 67.9 Å². The maximum Gasteiger partial charge on any atom is 0.261 e. The Labute approximate surface area is 212 Å². The van der Waals surface area contributed by atoms with Crippen molar-refractivity contribution in [2.45, 2.75) is 45.3 Å². The average molecular weight is 493 g/mol. The Balaban J connectivity index is 1.90. The third-order valence-corrected chi connectivity index (χ3v) is 5.99. The average Bonchev–Trinajstić information content (AvgIpc) is 2.91. The first kappa shape index (κ1) is 26.7. The molecule has 0 heterocycles. The molecule has 1 N–H and O–H groups in total. The highest BCUT2D eigenvalue weighted by Gasteiger charge is 2.31. The fourth-order valence-corrected chi connectivity index (χ4v) is 3.71. The molecule has 0 radical (unpaired) electrons. The van der Waals surface area contributed by atoms with Gasteiger partial charge in [-0.2, -0.15) is 0 Å². The summed E-state index contributed by atoms with van der Waals surface area (Å²) in [5.74, 6) is 0.00182. The number of rotatable bonds is 12. The standard InChI is InChI=1S/C29H33FN2O4/c1-4-21(2)31-29(34)27(18-22-10-6-5-7-11-22)32(19-23-12-8-9-13-26(23)30)28(33)20-36-25-16-14-24(35-3)15-17-25/h5-17,21,27H,4,18-20H2,1-3H3,(H,31,34)/t21-,27+/m1/s1. The molecule has 3 aromatic carbocycles. The Bertz CT molecular complexity index is 1120. The summed E-state index contributed by atoms with van der Waals surface area (Å²) in [6.45, 7) is 3.51. The van der Waals surface area contributed by atoms with Crippen LogP contribution in [-0.4, -0.2) is 42.5 Å². The summed E-state index contributed by atoms with van der Waals surface area (Å²) in [5.41, 5.74) is 1.22. The number of carbonyl (C=O) groups is 2. The van der Waals surface area contributed by atoms with Crippen molar-refractivity contribution in [3.8, 4) is 11.5 Å². The monoisotopic (exact) mass is 492 g/mol. The molecule has 0 aliphatic carbocycles. The summed E-state index contributed by atoms with van der Waals surface area (Å²) < 4.78 is 25.5. The maximum absolute atomic E-state index is 14.6. The van der Waals surface area contributed by atoms with Crippen LogP contribution in [0.2, 0.25) is 0 Å². The van der Waals surface area contributed by atoms with Gasteiger partial charge in [-0.05, 0) is 49.2 Å². The molecule has 36 heavy (non-hydrogen) atoms. The van der Waals surface area contributed by atoms with Gasteiger partial charge in [0.05, 0.1) is 7.11 Å². The van der Waals surface area contributed by atoms with Gasteiger partial charge < -0.3 is 19.7 Å². The highest BCUT2D eigenvalue weighted by Crippen LogP contribution is 2.20. The summed E-state index contributed by atoms with van der Waals surface area (Å²) in [6, 6.07) is 21.7. The van der Waals surface area contributed by atoms with Crippen LogP contribution < -0.4 is 14.8 Å². The number of halogens is 1. The molecule has 0 fully saturated rings. The second-order valence-electron chi connectivity index (χ2n) is 8.60. The SMILES string of the molecule is CC[C@@H](C)NC(=O)[C@H](Cc1ccccc1)N(Cc1ccccc1F)C(=O)COc1ccc(OC)cc1. The van der Waals surface area contributed by atoms with Gasteiger partial charge in [0.15, 0.2) is 6.61 Å². The molecule has 0 spiro atoms. The Morgan fingerprint density at radius 3 is 2.22 bits per heavy atom. The molecule has 0 saturated carbocycles. The Kier molecular flexibility index (Phi) is 9.86. The van der Waals surface area contributed by atoms with Crippen molar-refractivity contribution in [1.82, 2.24) is 10.2 Å². The molecule has 0 aliphatic rings. The van der Waals surface area contributed by atoms with E-state index in [9.17, 15) is 14.0 Å². The first-order valence-electron chi connectivity index (χ1n) is 12.0. The Hall–Kier alpha value is -3.87. The van der Waals surface area contributed by atoms with Crippen molar-refractivity contribution in [2.24, 2.45) is 0 Å². The van der Waals surface area contributed by atoms with Crippen molar-refractivity contribution in [3.63, 3.8) is 0 Å². The van der Waals surface area contributed by atoms with E-state index in [0.717, 1.165) is 12.0 Å². The van der Waals surface area contributed by atoms with Gasteiger partial charge in [0, 0.05) is 24.6 Å². The van der Waals surface area contributed by atoms with Gasteiger partial charge >= 0.3 is 0 Å². The van der Waals surface area contributed by atoms with Crippen molar-refractivity contribution in [2.75, 3.05) is 13.7 Å². The maximum atomic E-state index is 14.6. The molecule has 6 nitrogen and oxygen atoms in total. The van der Waals surface area contributed by atoms with Crippen LogP contribution in [-0.2, 0) is 22.6 Å². The molecule has 2 atom stereocenters. The zero-order valence-corrected chi connectivity index (χ0v) is 20.9. The minimum Gasteiger partial charge on any atom is -0.497 e. The van der Waals surface area contributed by atoms with E-state index in [1.165, 1.54) is 11.0 Å². The molecule has 3 aromatic rings. The first-order valence-corrected chi connectivity index (χ1v) is 12.0. The van der Waals surface area contributed by atoms with Crippen LogP contribution in [0.5, 0.6) is 11.5 Å². The summed E-state index contributed by atoms with van der Waals surface area (Å²) in [7, 11) is 1.57. The van der Waals surface area contributed by atoms with Crippen LogP contribution in [0.3, 0.4) is 0 Å². The van der Waals surface area contributed by atoms with Gasteiger partial charge in [0.1, 0.15) is 23.4 Å². The third kappa shape index (κ3) is 7.57. The van der Waals surface area contributed by atoms with Gasteiger partial charge in [0.25, 0.3) is 5.91 Å². The van der Waals surface area contributed by atoms with Crippen LogP contribution in [0, 0.1) is 5.82 Å². The second-order valence-corrected chi connectivity index (χ2v) is 8.60. The van der Waals surface area contributed by atoms with E-state index in [1.807, 2.05) is 44.2 Å². The predicted molar refractivity (Wildman–Crippen MR) is 137 cm³/mol. The lowest BCUT2D eigenvalue weighted by Gasteiger charge is -2.32. The number of amides is 2. The zero-order valence-electron chi connectivity index (χ0n) is 20.9. The molecule has 2 amide bonds. The van der Waals surface area contributed by atoms with Gasteiger partial charge in [-0.25, -0.2) is 4.39 Å². The van der Waals surface area contributed by atoms with E-state index in [1.54, 1.807) is 49.6 Å². The van der Waals surface area contributed by atoms with Crippen molar-refractivity contribution < 1.29 is 23.5 Å². The molecule has 190 valence electrons. The first-order chi connectivity index (χ1) is 17.4. The van der Waals surface area contributed by atoms with E-state index < -0.39 is 17.8 Å². The second kappa shape index (κ2) is 13.3. The van der Waals surface area contributed by atoms with Crippen LogP contribution >= 0.6 is 0 Å². The van der Waals surface area contributed by atoms with Crippen molar-refractivity contribution in [3.05, 3.63) is 95.8 Å². The number of nitrogens with zero attached hydrogens (tertiary/aromatic N) is 1. The number of methoxy groups -OCH3 is 1. The lowest BCUT2D eigenvalue weighted by Crippen LogP contribution is -2.53. The summed E-state index contributed by atoms with van der Waals surface area (Å²) in [4.78, 5) is 28.4. The lowest BCUT2D eigenvalue weighted by molar-refractivity contribution is -0.143. The number of hydrogen-bond donors (Lipinski definition) is 1. The number of benzene rings is 3. The minimum absolute atomic E-state index is 0.0666. The molecule has 0 aromatic heterocycles. The number of hydrogen-bond acceptors (Lipinski definition) is 4. The van der Waals surface area contributed by atoms with Crippen LogP contribution in [0.15, 0.2) is 78.9 Å². The molecule has 0 saturated heterocycles. The molecule has 0 aliphatic heterocycles. The summed E-state index contributed by atoms with van der Waals surface area (Å²) in [5, 5.41) is 2.99. The van der Waals surface area contributed by atoms with E-state index in [2.05, 4.69) is 5.32 Å². The van der Waals surface area contributed by atoms with Gasteiger partial charge in [0.2, 0.25) is 5.91 Å². The number of ether oxygens (including phenoxy) is 2. The molecule has 7 heteroatoms. The number of carbonyl (C=O) groups excluding carboxylic acids is 2. The van der Waals surface area contributed by atoms with Crippen LogP contribution in [0.25, 0.3) is 0 Å². The van der Waals surface area contributed by atoms with Gasteiger partial charge in [-0.1, -0.05) is 55.5 Å². The van der Waals surface area contributed by atoms with Crippen LogP contribution in [0.4, 0.5) is 4.39 Å². The van der Waals surface area contributed by atoms with Crippen LogP contribution in [0.1, 0.15) is 31.4 Å². The highest BCUT2D eigenvalue weighted by molar-refractivity contribution is 5.88. The Morgan fingerprint density at radius 2 is 1.58 bits per heavy atom. The van der Waals surface area contributed by atoms with Crippen molar-refractivity contribution >= 4 is 11.8 Å². The summed E-state index contributed by atoms with van der Waals surface area (Å²) in [6.07, 6.45) is 1.03. The zero-order chi connectivity index (χ0) is 25.9. The fourth-order valence-electron chi connectivity index (χ4n) is 3.71. The normalized spacial score (nSPS) is 12.3. The molecule has 0 unspecified atom stereocenters. The number of nitrogens with one attached hydrogen (secondary N) is 1. The van der Waals surface area contributed by atoms with Crippen molar-refractivity contribution in [1.29, 1.82) is 0 Å². The van der Waals surface area contributed by atoms with E-state index in [0.29, 0.717) is 17.1 Å². The summed E-state index contributed by atoms with van der Waals surface area (Å²) >= 11 is 0. The third-order valence-electron chi connectivity index (χ3n) is 5.99. The molecule has 3 rings (SSSR count). The molecular formula is C29H33FN2O4. The highest BCUT2D eigenvalue weighted by atomic mass is 19.1.